The van der Waals surface area contributed by atoms with Crippen LogP contribution in [-0.4, -0.2) is 54.8 Å². The maximum Gasteiger partial charge on any atom is 0.337 e. The molecule has 10 nitrogen and oxygen atoms in total. The number of sulfone groups is 1. The number of aryl methyl sites for hydroxylation is 1. The van der Waals surface area contributed by atoms with Crippen LogP contribution in [0, 0.1) is 0 Å². The monoisotopic (exact) mass is 683 g/mol. The van der Waals surface area contributed by atoms with Gasteiger partial charge in [0.2, 0.25) is 9.84 Å². The third-order valence-electron chi connectivity index (χ3n) is 8.14. The number of nitrogens with zero attached hydrogens (tertiary/aromatic N) is 3. The van der Waals surface area contributed by atoms with Gasteiger partial charge in [0.25, 0.3) is 5.16 Å². The van der Waals surface area contributed by atoms with Crippen LogP contribution in [0.5, 0.6) is 0 Å². The second-order valence-electron chi connectivity index (χ2n) is 11.6. The number of esters is 2. The van der Waals surface area contributed by atoms with Gasteiger partial charge < -0.3 is 14.9 Å². The van der Waals surface area contributed by atoms with Crippen LogP contribution < -0.4 is 0 Å². The second-order valence-corrected chi connectivity index (χ2v) is 13.5. The Hall–Kier alpha value is -5.13. The molecule has 49 heavy (non-hydrogen) atoms. The Labute approximate surface area is 287 Å². The normalized spacial score (nSPS) is 11.1. The van der Waals surface area contributed by atoms with Gasteiger partial charge in [0.15, 0.2) is 0 Å². The van der Waals surface area contributed by atoms with Crippen LogP contribution in [0.25, 0.3) is 22.3 Å². The molecule has 0 amide bonds. The summed E-state index contributed by atoms with van der Waals surface area (Å²) in [6.45, 7) is 2.54. The van der Waals surface area contributed by atoms with E-state index in [1.54, 1.807) is 41.1 Å². The van der Waals surface area contributed by atoms with E-state index in [2.05, 4.69) is 17.0 Å². The van der Waals surface area contributed by atoms with Gasteiger partial charge in [-0.2, -0.15) is 0 Å². The lowest BCUT2D eigenvalue weighted by Crippen LogP contribution is -2.09. The second kappa shape index (κ2) is 16.8. The lowest BCUT2D eigenvalue weighted by molar-refractivity contribution is 0.0592. The molecular formula is C38H41N3O7S. The first-order valence-corrected chi connectivity index (χ1v) is 17.6. The quantitative estimate of drug-likeness (QED) is 0.0951. The Morgan fingerprint density at radius 1 is 0.653 bits per heavy atom. The van der Waals surface area contributed by atoms with Gasteiger partial charge in [-0.25, -0.2) is 27.7 Å². The van der Waals surface area contributed by atoms with E-state index in [-0.39, 0.29) is 22.4 Å². The van der Waals surface area contributed by atoms with Crippen molar-refractivity contribution >= 4 is 21.8 Å². The van der Waals surface area contributed by atoms with Crippen molar-refractivity contribution in [3.05, 3.63) is 125 Å². The van der Waals surface area contributed by atoms with Crippen molar-refractivity contribution < 1.29 is 33.0 Å². The van der Waals surface area contributed by atoms with Crippen molar-refractivity contribution in [1.29, 1.82) is 0 Å². The molecule has 1 heterocycles. The minimum atomic E-state index is -3.82. The van der Waals surface area contributed by atoms with Gasteiger partial charge in [0.1, 0.15) is 5.82 Å². The lowest BCUT2D eigenvalue weighted by Gasteiger charge is -2.08. The van der Waals surface area contributed by atoms with Crippen LogP contribution >= 0.6 is 0 Å². The molecule has 11 heteroatoms. The summed E-state index contributed by atoms with van der Waals surface area (Å²) in [6, 6.07) is 29.5. The van der Waals surface area contributed by atoms with Crippen LogP contribution in [0.3, 0.4) is 0 Å². The van der Waals surface area contributed by atoms with Crippen LogP contribution in [-0.2, 0) is 38.0 Å². The molecule has 5 aromatic rings. The number of hydrogen-bond acceptors (Lipinski definition) is 8. The van der Waals surface area contributed by atoms with Crippen molar-refractivity contribution in [2.45, 2.75) is 56.5 Å². The molecule has 1 aromatic heterocycles. The standard InChI is InChI=1S/C38H39N3O6S.H2O/c1-4-5-6-7-8-35-39-38(40-41(35)25-27-9-13-29(14-10-27)31-17-21-33(22-18-31)36(42)46-2)48(44,45)26-28-11-15-30(16-12-28)32-19-23-34(24-20-32)37(43)47-3;/h9-24H,4-8,25-26H2,1-3H3;1H2. The summed E-state index contributed by atoms with van der Waals surface area (Å²) in [6.07, 6.45) is 4.77. The zero-order valence-corrected chi connectivity index (χ0v) is 28.7. The molecule has 0 atom stereocenters. The first-order valence-electron chi connectivity index (χ1n) is 15.9. The first-order chi connectivity index (χ1) is 23.2. The van der Waals surface area contributed by atoms with E-state index in [1.807, 2.05) is 60.7 Å². The largest absolute Gasteiger partial charge is 0.465 e. The molecule has 0 aliphatic heterocycles. The van der Waals surface area contributed by atoms with Crippen molar-refractivity contribution in [3.8, 4) is 22.3 Å². The van der Waals surface area contributed by atoms with Crippen LogP contribution in [0.1, 0.15) is 70.3 Å². The van der Waals surface area contributed by atoms with Gasteiger partial charge in [-0.1, -0.05) is 99.0 Å². The van der Waals surface area contributed by atoms with E-state index >= 15 is 0 Å². The van der Waals surface area contributed by atoms with Crippen LogP contribution in [0.4, 0.5) is 0 Å². The van der Waals surface area contributed by atoms with E-state index in [9.17, 15) is 18.0 Å². The Balaban J connectivity index is 0.00000541. The topological polar surface area (TPSA) is 149 Å². The number of hydrogen-bond donors (Lipinski definition) is 0. The minimum Gasteiger partial charge on any atom is -0.465 e. The summed E-state index contributed by atoms with van der Waals surface area (Å²) in [4.78, 5) is 28.1. The summed E-state index contributed by atoms with van der Waals surface area (Å²) in [7, 11) is -1.12. The Kier molecular flexibility index (Phi) is 12.6. The van der Waals surface area contributed by atoms with Crippen molar-refractivity contribution in [2.75, 3.05) is 14.2 Å². The molecule has 0 fully saturated rings. The fourth-order valence-corrected chi connectivity index (χ4v) is 6.62. The summed E-state index contributed by atoms with van der Waals surface area (Å²) < 4.78 is 38.4. The van der Waals surface area contributed by atoms with E-state index in [4.69, 9.17) is 9.47 Å². The summed E-state index contributed by atoms with van der Waals surface area (Å²) in [5, 5.41) is 4.35. The molecular weight excluding hydrogens is 642 g/mol. The Bertz CT molecular complexity index is 1950. The van der Waals surface area contributed by atoms with Gasteiger partial charge in [-0.3, -0.25) is 0 Å². The zero-order valence-electron chi connectivity index (χ0n) is 27.9. The number of rotatable bonds is 14. The molecule has 2 N–H and O–H groups in total. The third-order valence-corrected chi connectivity index (χ3v) is 9.58. The number of aromatic nitrogens is 3. The molecule has 5 rings (SSSR count). The molecule has 256 valence electrons. The molecule has 0 saturated heterocycles. The summed E-state index contributed by atoms with van der Waals surface area (Å²) >= 11 is 0. The van der Waals surface area contributed by atoms with Crippen molar-refractivity contribution in [3.63, 3.8) is 0 Å². The highest BCUT2D eigenvalue weighted by atomic mass is 32.2. The molecule has 0 saturated carbocycles. The van der Waals surface area contributed by atoms with Gasteiger partial charge in [-0.15, -0.1) is 5.10 Å². The SMILES string of the molecule is CCCCCCc1nc(S(=O)(=O)Cc2ccc(-c3ccc(C(=O)OC)cc3)cc2)nn1Cc1ccc(-c2ccc(C(=O)OC)cc2)cc1.O. The van der Waals surface area contributed by atoms with Crippen LogP contribution in [0.15, 0.2) is 102 Å². The summed E-state index contributed by atoms with van der Waals surface area (Å²) in [5.41, 5.74) is 6.28. The highest BCUT2D eigenvalue weighted by Gasteiger charge is 2.23. The maximum atomic E-state index is 13.6. The zero-order chi connectivity index (χ0) is 34.1. The molecule has 0 aliphatic rings. The average molecular weight is 684 g/mol. The Morgan fingerprint density at radius 2 is 1.10 bits per heavy atom. The van der Waals surface area contributed by atoms with Crippen molar-refractivity contribution in [1.82, 2.24) is 14.8 Å². The number of methoxy groups -OCH3 is 2. The fourth-order valence-electron chi connectivity index (χ4n) is 5.39. The fraction of sp³-hybridized carbons (Fsp3) is 0.263. The predicted molar refractivity (Wildman–Crippen MR) is 188 cm³/mol. The van der Waals surface area contributed by atoms with E-state index < -0.39 is 15.8 Å². The van der Waals surface area contributed by atoms with E-state index in [1.165, 1.54) is 14.2 Å². The lowest BCUT2D eigenvalue weighted by atomic mass is 10.0. The van der Waals surface area contributed by atoms with Gasteiger partial charge in [-0.05, 0) is 64.1 Å². The molecule has 0 radical (unpaired) electrons. The van der Waals surface area contributed by atoms with Crippen molar-refractivity contribution in [2.24, 2.45) is 0 Å². The predicted octanol–water partition coefficient (Wildman–Crippen LogP) is 6.51. The van der Waals surface area contributed by atoms with E-state index in [0.29, 0.717) is 35.5 Å². The molecule has 0 unspecified atom stereocenters. The van der Waals surface area contributed by atoms with E-state index in [0.717, 1.165) is 53.5 Å². The third kappa shape index (κ3) is 9.27. The highest BCUT2D eigenvalue weighted by molar-refractivity contribution is 7.90. The minimum absolute atomic E-state index is 0. The maximum absolute atomic E-state index is 13.6. The van der Waals surface area contributed by atoms with Gasteiger partial charge in [0.05, 0.1) is 37.6 Å². The number of ether oxygens (including phenoxy) is 2. The van der Waals surface area contributed by atoms with Gasteiger partial charge in [0, 0.05) is 6.42 Å². The Morgan fingerprint density at radius 3 is 1.55 bits per heavy atom. The number of carbonyl (C=O) groups is 2. The molecule has 4 aromatic carbocycles. The smallest absolute Gasteiger partial charge is 0.337 e. The number of unbranched alkanes of at least 4 members (excludes halogenated alkanes) is 3. The first kappa shape index (κ1) is 36.7. The average Bonchev–Trinajstić information content (AvgIpc) is 3.53. The molecule has 0 aliphatic carbocycles. The van der Waals surface area contributed by atoms with Crippen LogP contribution in [0.2, 0.25) is 0 Å². The number of carbonyl (C=O) groups excluding carboxylic acids is 2. The summed E-state index contributed by atoms with van der Waals surface area (Å²) in [5.74, 6) is -0.355. The van der Waals surface area contributed by atoms with Gasteiger partial charge >= 0.3 is 11.9 Å². The molecule has 0 spiro atoms. The number of benzene rings is 4. The molecule has 0 bridgehead atoms. The highest BCUT2D eigenvalue weighted by Crippen LogP contribution is 2.24.